The number of benzene rings is 1. The van der Waals surface area contributed by atoms with Crippen molar-refractivity contribution in [2.45, 2.75) is 56.3 Å². The molecule has 4 atom stereocenters. The summed E-state index contributed by atoms with van der Waals surface area (Å²) in [6.07, 6.45) is 2.63. The van der Waals surface area contributed by atoms with E-state index >= 15 is 0 Å². The number of rotatable bonds is 14. The van der Waals surface area contributed by atoms with Gasteiger partial charge in [-0.05, 0) is 55.5 Å². The lowest BCUT2D eigenvalue weighted by molar-refractivity contribution is -0.143. The fraction of sp³-hybridized carbons (Fsp3) is 0.522. The van der Waals surface area contributed by atoms with Crippen LogP contribution in [0.1, 0.15) is 31.2 Å². The highest BCUT2D eigenvalue weighted by molar-refractivity contribution is 7.98. The van der Waals surface area contributed by atoms with Gasteiger partial charge in [0.15, 0.2) is 0 Å². The predicted octanol–water partition coefficient (Wildman–Crippen LogP) is -0.546. The average Bonchev–Trinajstić information content (AvgIpc) is 3.37. The summed E-state index contributed by atoms with van der Waals surface area (Å²) in [5.74, 6) is -4.28. The third kappa shape index (κ3) is 9.38. The Balaban J connectivity index is 2.10. The lowest BCUT2D eigenvalue weighted by atomic mass is 10.0. The SMILES string of the molecule is CSCC[C@H](NC(=O)[C@@H]1CCCN1)C(=O)N[C@@H](CC(=O)O)C(=O)N[C@@H](Cc1ccc(O)cc1)C(=O)O. The van der Waals surface area contributed by atoms with Crippen LogP contribution in [0.5, 0.6) is 5.75 Å². The molecular formula is C23H32N4O8S. The van der Waals surface area contributed by atoms with E-state index in [9.17, 15) is 39.3 Å². The van der Waals surface area contributed by atoms with Gasteiger partial charge in [-0.25, -0.2) is 4.79 Å². The quantitative estimate of drug-likeness (QED) is 0.166. The number of carboxylic acids is 2. The maximum absolute atomic E-state index is 13.0. The zero-order valence-corrected chi connectivity index (χ0v) is 20.7. The molecule has 1 aliphatic heterocycles. The van der Waals surface area contributed by atoms with Crippen molar-refractivity contribution in [3.05, 3.63) is 29.8 Å². The first kappa shape index (κ1) is 28.9. The molecule has 0 unspecified atom stereocenters. The number of carboxylic acid groups (broad SMARTS) is 2. The van der Waals surface area contributed by atoms with E-state index in [1.165, 1.54) is 36.0 Å². The van der Waals surface area contributed by atoms with Gasteiger partial charge in [0.1, 0.15) is 23.9 Å². The number of phenolic OH excluding ortho intramolecular Hbond substituents is 1. The van der Waals surface area contributed by atoms with Gasteiger partial charge in [0.25, 0.3) is 0 Å². The number of carbonyl (C=O) groups excluding carboxylic acids is 3. The summed E-state index contributed by atoms with van der Waals surface area (Å²) < 4.78 is 0. The number of phenols is 1. The molecule has 13 heteroatoms. The molecule has 0 bridgehead atoms. The van der Waals surface area contributed by atoms with E-state index in [-0.39, 0.29) is 24.5 Å². The molecular weight excluding hydrogens is 492 g/mol. The van der Waals surface area contributed by atoms with Crippen LogP contribution in [0.3, 0.4) is 0 Å². The van der Waals surface area contributed by atoms with Crippen LogP contribution < -0.4 is 21.3 Å². The highest BCUT2D eigenvalue weighted by Gasteiger charge is 2.32. The molecule has 12 nitrogen and oxygen atoms in total. The number of aromatic hydroxyl groups is 1. The van der Waals surface area contributed by atoms with Crippen molar-refractivity contribution in [3.63, 3.8) is 0 Å². The maximum Gasteiger partial charge on any atom is 0.326 e. The van der Waals surface area contributed by atoms with Crippen LogP contribution >= 0.6 is 11.8 Å². The summed E-state index contributed by atoms with van der Waals surface area (Å²) in [6, 6.07) is 1.33. The molecule has 3 amide bonds. The highest BCUT2D eigenvalue weighted by Crippen LogP contribution is 2.12. The summed E-state index contributed by atoms with van der Waals surface area (Å²) in [7, 11) is 0. The Kier molecular flexibility index (Phi) is 11.5. The molecule has 1 fully saturated rings. The minimum atomic E-state index is -1.56. The van der Waals surface area contributed by atoms with Crippen molar-refractivity contribution < 1.29 is 39.3 Å². The molecule has 0 spiro atoms. The largest absolute Gasteiger partial charge is 0.508 e. The summed E-state index contributed by atoms with van der Waals surface area (Å²) >= 11 is 1.45. The molecule has 7 N–H and O–H groups in total. The molecule has 0 saturated carbocycles. The first-order valence-corrected chi connectivity index (χ1v) is 12.9. The zero-order valence-electron chi connectivity index (χ0n) is 19.9. The van der Waals surface area contributed by atoms with Gasteiger partial charge in [-0.2, -0.15) is 11.8 Å². The van der Waals surface area contributed by atoms with Crippen molar-refractivity contribution in [2.75, 3.05) is 18.6 Å². The normalized spacial score (nSPS) is 17.4. The average molecular weight is 525 g/mol. The Labute approximate surface area is 212 Å². The van der Waals surface area contributed by atoms with Gasteiger partial charge in [0.05, 0.1) is 12.5 Å². The minimum Gasteiger partial charge on any atom is -0.508 e. The molecule has 1 aromatic carbocycles. The second kappa shape index (κ2) is 14.3. The second-order valence-corrected chi connectivity index (χ2v) is 9.41. The van der Waals surface area contributed by atoms with Gasteiger partial charge >= 0.3 is 11.9 Å². The molecule has 1 aliphatic rings. The van der Waals surface area contributed by atoms with E-state index in [1.54, 1.807) is 0 Å². The molecule has 1 aromatic rings. The van der Waals surface area contributed by atoms with Crippen molar-refractivity contribution in [1.29, 1.82) is 0 Å². The molecule has 0 radical (unpaired) electrons. The molecule has 1 saturated heterocycles. The Morgan fingerprint density at radius 2 is 1.64 bits per heavy atom. The van der Waals surface area contributed by atoms with Crippen LogP contribution in [0.25, 0.3) is 0 Å². The fourth-order valence-electron chi connectivity index (χ4n) is 3.68. The molecule has 198 valence electrons. The molecule has 36 heavy (non-hydrogen) atoms. The monoisotopic (exact) mass is 524 g/mol. The van der Waals surface area contributed by atoms with Crippen LogP contribution in [0, 0.1) is 0 Å². The minimum absolute atomic E-state index is 0.00859. The van der Waals surface area contributed by atoms with E-state index < -0.39 is 54.3 Å². The summed E-state index contributed by atoms with van der Waals surface area (Å²) in [6.45, 7) is 0.690. The number of thioether (sulfide) groups is 1. The first-order valence-electron chi connectivity index (χ1n) is 11.5. The van der Waals surface area contributed by atoms with E-state index in [0.29, 0.717) is 24.3 Å². The number of nitrogens with one attached hydrogen (secondary N) is 4. The predicted molar refractivity (Wildman–Crippen MR) is 132 cm³/mol. The van der Waals surface area contributed by atoms with Gasteiger partial charge in [-0.1, -0.05) is 12.1 Å². The van der Waals surface area contributed by atoms with Crippen molar-refractivity contribution in [2.24, 2.45) is 0 Å². The van der Waals surface area contributed by atoms with Crippen molar-refractivity contribution in [3.8, 4) is 5.75 Å². The lowest BCUT2D eigenvalue weighted by Crippen LogP contribution is -2.57. The summed E-state index contributed by atoms with van der Waals surface area (Å²) in [5.41, 5.74) is 0.514. The van der Waals surface area contributed by atoms with E-state index in [4.69, 9.17) is 0 Å². The van der Waals surface area contributed by atoms with Crippen molar-refractivity contribution >= 4 is 41.4 Å². The molecule has 2 rings (SSSR count). The van der Waals surface area contributed by atoms with Gasteiger partial charge in [0.2, 0.25) is 17.7 Å². The zero-order chi connectivity index (χ0) is 26.7. The topological polar surface area (TPSA) is 194 Å². The van der Waals surface area contributed by atoms with Crippen LogP contribution in [0.15, 0.2) is 24.3 Å². The standard InChI is InChI=1S/C23H32N4O8S/c1-36-10-8-16(25-20(31)15-3-2-9-24-15)21(32)26-17(12-19(29)30)22(33)27-18(23(34)35)11-13-4-6-14(28)7-5-13/h4-7,15-18,24,28H,2-3,8-12H2,1H3,(H,25,31)(H,26,32)(H,27,33)(H,29,30)(H,34,35)/t15-,16-,17-,18-/m0/s1. The Hall–Kier alpha value is -3.32. The van der Waals surface area contributed by atoms with Crippen LogP contribution in [0.4, 0.5) is 0 Å². The molecule has 0 aliphatic carbocycles. The number of aliphatic carboxylic acids is 2. The second-order valence-electron chi connectivity index (χ2n) is 8.42. The third-order valence-corrected chi connectivity index (χ3v) is 6.27. The smallest absolute Gasteiger partial charge is 0.326 e. The van der Waals surface area contributed by atoms with E-state index in [0.717, 1.165) is 6.42 Å². The lowest BCUT2D eigenvalue weighted by Gasteiger charge is -2.24. The van der Waals surface area contributed by atoms with Crippen LogP contribution in [0.2, 0.25) is 0 Å². The van der Waals surface area contributed by atoms with E-state index in [1.807, 2.05) is 6.26 Å². The molecule has 1 heterocycles. The molecule has 0 aromatic heterocycles. The Morgan fingerprint density at radius 3 is 2.19 bits per heavy atom. The van der Waals surface area contributed by atoms with Gasteiger partial charge in [-0.3, -0.25) is 19.2 Å². The third-order valence-electron chi connectivity index (χ3n) is 5.62. The van der Waals surface area contributed by atoms with E-state index in [2.05, 4.69) is 21.3 Å². The number of amides is 3. The van der Waals surface area contributed by atoms with Crippen LogP contribution in [-0.2, 0) is 30.4 Å². The summed E-state index contributed by atoms with van der Waals surface area (Å²) in [4.78, 5) is 61.4. The van der Waals surface area contributed by atoms with Gasteiger partial charge in [0, 0.05) is 6.42 Å². The maximum atomic E-state index is 13.0. The Morgan fingerprint density at radius 1 is 1.00 bits per heavy atom. The van der Waals surface area contributed by atoms with Gasteiger partial charge < -0.3 is 36.6 Å². The number of hydrogen-bond acceptors (Lipinski definition) is 8. The summed E-state index contributed by atoms with van der Waals surface area (Å²) in [5, 5.41) is 38.6. The fourth-order valence-corrected chi connectivity index (χ4v) is 4.15. The van der Waals surface area contributed by atoms with Crippen LogP contribution in [-0.4, -0.2) is 87.7 Å². The van der Waals surface area contributed by atoms with Gasteiger partial charge in [-0.15, -0.1) is 0 Å². The number of carbonyl (C=O) groups is 5. The highest BCUT2D eigenvalue weighted by atomic mass is 32.2. The first-order chi connectivity index (χ1) is 17.1. The Bertz CT molecular complexity index is 937. The number of hydrogen-bond donors (Lipinski definition) is 7. The van der Waals surface area contributed by atoms with Crippen molar-refractivity contribution in [1.82, 2.24) is 21.3 Å².